The Bertz CT molecular complexity index is 1180. The Morgan fingerprint density at radius 1 is 1.21 bits per heavy atom. The van der Waals surface area contributed by atoms with Crippen molar-refractivity contribution in [1.29, 1.82) is 5.26 Å². The first-order valence-corrected chi connectivity index (χ1v) is 10.9. The molecule has 1 amide bonds. The first-order chi connectivity index (χ1) is 16.0. The molecule has 0 radical (unpaired) electrons. The molecule has 1 fully saturated rings. The Morgan fingerprint density at radius 2 is 2.03 bits per heavy atom. The fraction of sp³-hybridized carbons (Fsp3) is 0.348. The molecule has 0 bridgehead atoms. The number of nitrogen functional groups attached to an aromatic ring is 1. The summed E-state index contributed by atoms with van der Waals surface area (Å²) in [6.07, 6.45) is 8.90. The summed E-state index contributed by atoms with van der Waals surface area (Å²) in [4.78, 5) is 22.5. The van der Waals surface area contributed by atoms with Crippen LogP contribution in [-0.2, 0) is 0 Å². The minimum Gasteiger partial charge on any atom is -0.492 e. The van der Waals surface area contributed by atoms with Crippen molar-refractivity contribution < 1.29 is 9.53 Å². The fourth-order valence-corrected chi connectivity index (χ4v) is 3.79. The lowest BCUT2D eigenvalue weighted by Gasteiger charge is -2.14. The van der Waals surface area contributed by atoms with Gasteiger partial charge in [-0.05, 0) is 63.5 Å². The van der Waals surface area contributed by atoms with Crippen LogP contribution in [0.15, 0.2) is 36.8 Å². The topological polar surface area (TPSA) is 149 Å². The van der Waals surface area contributed by atoms with Crippen molar-refractivity contribution in [3.8, 4) is 28.9 Å². The van der Waals surface area contributed by atoms with Gasteiger partial charge >= 0.3 is 0 Å². The third kappa shape index (κ3) is 5.27. The summed E-state index contributed by atoms with van der Waals surface area (Å²) in [7, 11) is 0. The van der Waals surface area contributed by atoms with E-state index in [0.717, 1.165) is 19.4 Å². The maximum Gasteiger partial charge on any atom is 0.251 e. The fourth-order valence-electron chi connectivity index (χ4n) is 3.79. The number of nitriles is 1. The minimum atomic E-state index is -0.603. The van der Waals surface area contributed by atoms with Gasteiger partial charge in [-0.2, -0.15) is 10.4 Å². The third-order valence-electron chi connectivity index (χ3n) is 5.59. The molecule has 0 spiro atoms. The zero-order chi connectivity index (χ0) is 23.2. The van der Waals surface area contributed by atoms with Crippen molar-refractivity contribution in [3.05, 3.63) is 47.9 Å². The molecule has 0 aliphatic carbocycles. The number of hydrogen-bond acceptors (Lipinski definition) is 8. The number of aromatic nitrogens is 4. The van der Waals surface area contributed by atoms with Crippen LogP contribution in [0.3, 0.4) is 0 Å². The Kier molecular flexibility index (Phi) is 6.80. The summed E-state index contributed by atoms with van der Waals surface area (Å²) in [6, 6.07) is 7.49. The number of nitrogens with two attached hydrogens (primary N) is 2. The summed E-state index contributed by atoms with van der Waals surface area (Å²) in [5.41, 5.74) is 13.1. The number of ether oxygens (including phenoxy) is 1. The van der Waals surface area contributed by atoms with Crippen LogP contribution in [-0.4, -0.2) is 56.8 Å². The molecule has 1 aliphatic heterocycles. The number of likely N-dealkylation sites (tertiary alicyclic amines) is 1. The number of primary amides is 1. The Balaban J connectivity index is 1.45. The Hall–Kier alpha value is -3.97. The molecule has 3 heterocycles. The SMILES string of the molecule is N#Cc1cc(-c2cnc(N)c(-n3cc(C(N)=O)cn3)n2)ccc1OCCCCN1CCCC1. The van der Waals surface area contributed by atoms with E-state index in [1.165, 1.54) is 49.2 Å². The number of unbranched alkanes of at least 4 members (excludes halogenated alkanes) is 1. The highest BCUT2D eigenvalue weighted by Crippen LogP contribution is 2.27. The van der Waals surface area contributed by atoms with Crippen LogP contribution < -0.4 is 16.2 Å². The smallest absolute Gasteiger partial charge is 0.251 e. The van der Waals surface area contributed by atoms with Crippen LogP contribution in [0.2, 0.25) is 0 Å². The van der Waals surface area contributed by atoms with E-state index in [1.807, 2.05) is 6.07 Å². The van der Waals surface area contributed by atoms with E-state index >= 15 is 0 Å². The predicted molar refractivity (Wildman–Crippen MR) is 123 cm³/mol. The van der Waals surface area contributed by atoms with E-state index in [0.29, 0.717) is 29.2 Å². The summed E-state index contributed by atoms with van der Waals surface area (Å²) in [6.45, 7) is 4.06. The number of rotatable bonds is 9. The van der Waals surface area contributed by atoms with Gasteiger partial charge in [0.05, 0.1) is 35.8 Å². The van der Waals surface area contributed by atoms with Crippen molar-refractivity contribution in [1.82, 2.24) is 24.6 Å². The maximum absolute atomic E-state index is 11.3. The number of hydrogen-bond donors (Lipinski definition) is 2. The molecule has 0 atom stereocenters. The third-order valence-corrected chi connectivity index (χ3v) is 5.59. The Morgan fingerprint density at radius 3 is 2.76 bits per heavy atom. The molecule has 2 aromatic heterocycles. The van der Waals surface area contributed by atoms with Gasteiger partial charge in [0.2, 0.25) is 0 Å². The lowest BCUT2D eigenvalue weighted by Crippen LogP contribution is -2.20. The van der Waals surface area contributed by atoms with Gasteiger partial charge in [0.25, 0.3) is 5.91 Å². The highest BCUT2D eigenvalue weighted by molar-refractivity contribution is 5.92. The van der Waals surface area contributed by atoms with Gasteiger partial charge in [0.15, 0.2) is 11.6 Å². The molecular weight excluding hydrogens is 420 g/mol. The van der Waals surface area contributed by atoms with Gasteiger partial charge in [-0.25, -0.2) is 14.6 Å². The van der Waals surface area contributed by atoms with Crippen molar-refractivity contribution in [2.45, 2.75) is 25.7 Å². The lowest BCUT2D eigenvalue weighted by molar-refractivity contribution is 0.100. The molecular formula is C23H26N8O2. The lowest BCUT2D eigenvalue weighted by atomic mass is 10.1. The van der Waals surface area contributed by atoms with E-state index in [4.69, 9.17) is 16.2 Å². The van der Waals surface area contributed by atoms with Crippen LogP contribution in [0.25, 0.3) is 17.1 Å². The van der Waals surface area contributed by atoms with Gasteiger partial charge in [0.1, 0.15) is 11.8 Å². The van der Waals surface area contributed by atoms with Gasteiger partial charge in [-0.3, -0.25) is 4.79 Å². The number of nitrogens with zero attached hydrogens (tertiary/aromatic N) is 6. The van der Waals surface area contributed by atoms with Gasteiger partial charge in [0, 0.05) is 11.8 Å². The highest BCUT2D eigenvalue weighted by atomic mass is 16.5. The molecule has 1 aliphatic rings. The molecule has 4 N–H and O–H groups in total. The second kappa shape index (κ2) is 10.1. The zero-order valence-corrected chi connectivity index (χ0v) is 18.3. The van der Waals surface area contributed by atoms with E-state index in [2.05, 4.69) is 26.0 Å². The van der Waals surface area contributed by atoms with Crippen molar-refractivity contribution in [2.24, 2.45) is 5.73 Å². The summed E-state index contributed by atoms with van der Waals surface area (Å²) < 4.78 is 7.21. The van der Waals surface area contributed by atoms with Gasteiger partial charge < -0.3 is 21.1 Å². The van der Waals surface area contributed by atoms with E-state index in [9.17, 15) is 10.1 Å². The second-order valence-corrected chi connectivity index (χ2v) is 7.93. The molecule has 170 valence electrons. The number of benzene rings is 1. The van der Waals surface area contributed by atoms with Crippen molar-refractivity contribution >= 4 is 11.7 Å². The highest BCUT2D eigenvalue weighted by Gasteiger charge is 2.14. The number of carbonyl (C=O) groups is 1. The average molecular weight is 447 g/mol. The van der Waals surface area contributed by atoms with E-state index < -0.39 is 5.91 Å². The monoisotopic (exact) mass is 446 g/mol. The first-order valence-electron chi connectivity index (χ1n) is 10.9. The molecule has 10 heteroatoms. The number of amides is 1. The normalized spacial score (nSPS) is 13.7. The average Bonchev–Trinajstić information content (AvgIpc) is 3.52. The zero-order valence-electron chi connectivity index (χ0n) is 18.3. The van der Waals surface area contributed by atoms with Gasteiger partial charge in [-0.1, -0.05) is 0 Å². The number of carbonyl (C=O) groups excluding carboxylic acids is 1. The molecule has 4 rings (SSSR count). The van der Waals surface area contributed by atoms with Crippen LogP contribution in [0.5, 0.6) is 5.75 Å². The van der Waals surface area contributed by atoms with Crippen molar-refractivity contribution in [3.63, 3.8) is 0 Å². The standard InChI is InChI=1S/C23H26N8O2/c24-12-17-11-16(5-6-20(17)33-10-4-3-9-30-7-1-2-8-30)19-14-27-21(25)23(29-19)31-15-18(13-28-31)22(26)32/h5-6,11,13-15H,1-4,7-10H2,(H2,25,27)(H2,26,32). The number of anilines is 1. The molecule has 1 aromatic carbocycles. The largest absolute Gasteiger partial charge is 0.492 e. The molecule has 0 unspecified atom stereocenters. The van der Waals surface area contributed by atoms with E-state index in [-0.39, 0.29) is 17.2 Å². The van der Waals surface area contributed by atoms with Crippen LogP contribution >= 0.6 is 0 Å². The van der Waals surface area contributed by atoms with Crippen LogP contribution in [0, 0.1) is 11.3 Å². The van der Waals surface area contributed by atoms with Crippen LogP contribution in [0.4, 0.5) is 5.82 Å². The molecule has 10 nitrogen and oxygen atoms in total. The molecule has 33 heavy (non-hydrogen) atoms. The molecule has 1 saturated heterocycles. The molecule has 0 saturated carbocycles. The quantitative estimate of drug-likeness (QED) is 0.475. The van der Waals surface area contributed by atoms with Crippen LogP contribution in [0.1, 0.15) is 41.6 Å². The second-order valence-electron chi connectivity index (χ2n) is 7.93. The summed E-state index contributed by atoms with van der Waals surface area (Å²) >= 11 is 0. The minimum absolute atomic E-state index is 0.146. The van der Waals surface area contributed by atoms with E-state index in [1.54, 1.807) is 12.1 Å². The Labute approximate surface area is 191 Å². The van der Waals surface area contributed by atoms with Gasteiger partial charge in [-0.15, -0.1) is 0 Å². The molecule has 3 aromatic rings. The summed E-state index contributed by atoms with van der Waals surface area (Å²) in [5, 5.41) is 13.7. The van der Waals surface area contributed by atoms with Crippen molar-refractivity contribution in [2.75, 3.05) is 32.0 Å². The maximum atomic E-state index is 11.3. The summed E-state index contributed by atoms with van der Waals surface area (Å²) in [5.74, 6) is 0.350. The first kappa shape index (κ1) is 22.2. The predicted octanol–water partition coefficient (Wildman–Crippen LogP) is 2.14.